The number of aliphatic hydroxyl groups is 1. The third-order valence-corrected chi connectivity index (χ3v) is 6.59. The maximum atomic E-state index is 14.0. The zero-order valence-corrected chi connectivity index (χ0v) is 19.5. The van der Waals surface area contributed by atoms with Crippen LogP contribution in [0, 0.1) is 0 Å². The second-order valence-electron chi connectivity index (χ2n) is 7.30. The summed E-state index contributed by atoms with van der Waals surface area (Å²) in [6.07, 6.45) is 3.78. The molecule has 4 N–H and O–H groups in total. The molecule has 0 heterocycles. The molecule has 2 aromatic carbocycles. The smallest absolute Gasteiger partial charge is 0.181 e. The van der Waals surface area contributed by atoms with Crippen LogP contribution in [0.3, 0.4) is 0 Å². The number of hydrogen-bond acceptors (Lipinski definition) is 5. The predicted octanol–water partition coefficient (Wildman–Crippen LogP) is 4.70. The molecule has 162 valence electrons. The van der Waals surface area contributed by atoms with Gasteiger partial charge in [-0.1, -0.05) is 55.1 Å². The van der Waals surface area contributed by atoms with Crippen LogP contribution in [-0.2, 0) is 0 Å². The molecule has 3 atom stereocenters. The van der Waals surface area contributed by atoms with E-state index in [2.05, 4.69) is 11.9 Å². The lowest BCUT2D eigenvalue weighted by Gasteiger charge is -2.44. The van der Waals surface area contributed by atoms with Crippen LogP contribution in [0.2, 0.25) is 0 Å². The van der Waals surface area contributed by atoms with Crippen molar-refractivity contribution in [1.29, 1.82) is 0 Å². The summed E-state index contributed by atoms with van der Waals surface area (Å²) >= 11 is 1.51. The Labute approximate surface area is 190 Å². The minimum absolute atomic E-state index is 0.0721. The summed E-state index contributed by atoms with van der Waals surface area (Å²) in [7, 11) is 1.64. The number of methoxy groups -OCH3 is 1. The molecule has 0 aliphatic rings. The first-order valence-electron chi connectivity index (χ1n) is 9.41. The summed E-state index contributed by atoms with van der Waals surface area (Å²) in [5.41, 5.74) is 2.05. The molecule has 0 fully saturated rings. The Morgan fingerprint density at radius 2 is 1.90 bits per heavy atom. The fourth-order valence-corrected chi connectivity index (χ4v) is 3.59. The number of halogens is 2. The van der Waals surface area contributed by atoms with E-state index in [1.165, 1.54) is 29.5 Å². The van der Waals surface area contributed by atoms with Gasteiger partial charge in [-0.2, -0.15) is 0 Å². The molecule has 3 unspecified atom stereocenters. The van der Waals surface area contributed by atoms with Gasteiger partial charge >= 0.3 is 0 Å². The minimum atomic E-state index is -1.80. The summed E-state index contributed by atoms with van der Waals surface area (Å²) in [6, 6.07) is 15.9. The van der Waals surface area contributed by atoms with Gasteiger partial charge < -0.3 is 15.2 Å². The van der Waals surface area contributed by atoms with Crippen LogP contribution in [0.1, 0.15) is 19.4 Å². The van der Waals surface area contributed by atoms with Crippen LogP contribution in [0.25, 0.3) is 17.2 Å². The van der Waals surface area contributed by atoms with Crippen LogP contribution in [0.5, 0.6) is 5.75 Å². The van der Waals surface area contributed by atoms with E-state index < -0.39 is 15.3 Å². The van der Waals surface area contributed by atoms with E-state index in [4.69, 9.17) is 4.74 Å². The Bertz CT molecular complexity index is 884. The third-order valence-electron chi connectivity index (χ3n) is 5.37. The van der Waals surface area contributed by atoms with Crippen molar-refractivity contribution < 1.29 is 19.4 Å². The maximum absolute atomic E-state index is 14.0. The topological polar surface area (TPSA) is 73.8 Å². The Hall–Kier alpha value is -1.94. The van der Waals surface area contributed by atoms with Gasteiger partial charge in [0, 0.05) is 6.54 Å². The highest BCUT2D eigenvalue weighted by Crippen LogP contribution is 2.34. The number of ether oxygens (including phenoxy) is 1. The van der Waals surface area contributed by atoms with Crippen molar-refractivity contribution in [2.75, 3.05) is 13.7 Å². The van der Waals surface area contributed by atoms with Crippen LogP contribution in [0.15, 0.2) is 66.9 Å². The lowest BCUT2D eigenvalue weighted by molar-refractivity contribution is -0.0466. The van der Waals surface area contributed by atoms with Crippen molar-refractivity contribution >= 4 is 28.7 Å². The lowest BCUT2D eigenvalue weighted by atomic mass is 9.81. The highest BCUT2D eigenvalue weighted by Gasteiger charge is 2.50. The Kier molecular flexibility index (Phi) is 8.42. The quantitative estimate of drug-likeness (QED) is 0.205. The molecule has 0 saturated carbocycles. The summed E-state index contributed by atoms with van der Waals surface area (Å²) in [5, 5.41) is 22.9. The molecule has 7 heteroatoms. The van der Waals surface area contributed by atoms with Crippen LogP contribution >= 0.6 is 22.6 Å². The molecule has 0 saturated heterocycles. The van der Waals surface area contributed by atoms with Crippen LogP contribution < -0.4 is 15.5 Å². The summed E-state index contributed by atoms with van der Waals surface area (Å²) in [6.45, 7) is 6.97. The van der Waals surface area contributed by atoms with Gasteiger partial charge in [0.25, 0.3) is 0 Å². The summed E-state index contributed by atoms with van der Waals surface area (Å²) < 4.78 is 17.7. The molecule has 2 aromatic rings. The normalized spacial score (nSPS) is 16.5. The van der Waals surface area contributed by atoms with E-state index >= 15 is 0 Å². The Morgan fingerprint density at radius 1 is 1.23 bits per heavy atom. The molecule has 0 aliphatic heterocycles. The number of nitrogens with one attached hydrogen (secondary N) is 2. The zero-order chi connectivity index (χ0) is 22.4. The van der Waals surface area contributed by atoms with E-state index in [0.29, 0.717) is 6.54 Å². The number of benzene rings is 2. The van der Waals surface area contributed by atoms with Gasteiger partial charge in [0.1, 0.15) is 11.4 Å². The molecule has 2 rings (SSSR count). The molecule has 0 amide bonds. The van der Waals surface area contributed by atoms with Crippen molar-refractivity contribution in [2.24, 2.45) is 0 Å². The van der Waals surface area contributed by atoms with Gasteiger partial charge in [-0.3, -0.25) is 10.7 Å². The van der Waals surface area contributed by atoms with E-state index in [1.807, 2.05) is 66.2 Å². The second kappa shape index (κ2) is 10.4. The first kappa shape index (κ1) is 24.3. The number of rotatable bonds is 10. The van der Waals surface area contributed by atoms with E-state index in [-0.39, 0.29) is 5.70 Å². The highest BCUT2D eigenvalue weighted by atomic mass is 127. The first-order valence-corrected chi connectivity index (χ1v) is 10.7. The molecular weight excluding hydrogens is 498 g/mol. The van der Waals surface area contributed by atoms with Crippen LogP contribution in [-0.4, -0.2) is 39.3 Å². The summed E-state index contributed by atoms with van der Waals surface area (Å²) in [4.78, 5) is 0. The Morgan fingerprint density at radius 3 is 2.47 bits per heavy atom. The molecule has 5 nitrogen and oxygen atoms in total. The maximum Gasteiger partial charge on any atom is 0.181 e. The monoisotopic (exact) mass is 526 g/mol. The molecule has 0 aliphatic carbocycles. The average Bonchev–Trinajstić information content (AvgIpc) is 2.76. The molecular formula is C23H28FIN2O3. The van der Waals surface area contributed by atoms with Crippen molar-refractivity contribution in [3.63, 3.8) is 0 Å². The Balaban J connectivity index is 2.08. The SMILES string of the molecule is C=C(NO)C(C)(NC/C=C/c1ccc(-c2cccc(OC)c2)cc1)C(C)(O)C(F)I. The molecule has 30 heavy (non-hydrogen) atoms. The molecule has 0 bridgehead atoms. The van der Waals surface area contributed by atoms with Crippen molar-refractivity contribution in [1.82, 2.24) is 10.8 Å². The van der Waals surface area contributed by atoms with Crippen molar-refractivity contribution in [3.05, 3.63) is 72.4 Å². The number of alkyl halides is 2. The lowest BCUT2D eigenvalue weighted by Crippen LogP contribution is -2.65. The van der Waals surface area contributed by atoms with Gasteiger partial charge in [-0.15, -0.1) is 0 Å². The highest BCUT2D eigenvalue weighted by molar-refractivity contribution is 14.1. The number of hydrogen-bond donors (Lipinski definition) is 4. The second-order valence-corrected chi connectivity index (χ2v) is 8.39. The molecule has 0 spiro atoms. The fraction of sp³-hybridized carbons (Fsp3) is 0.304. The van der Waals surface area contributed by atoms with Gasteiger partial charge in [-0.25, -0.2) is 4.39 Å². The van der Waals surface area contributed by atoms with Crippen molar-refractivity contribution in [3.8, 4) is 16.9 Å². The predicted molar refractivity (Wildman–Crippen MR) is 127 cm³/mol. The van der Waals surface area contributed by atoms with Gasteiger partial charge in [0.15, 0.2) is 4.18 Å². The van der Waals surface area contributed by atoms with E-state index in [1.54, 1.807) is 14.0 Å². The molecule has 0 radical (unpaired) electrons. The minimum Gasteiger partial charge on any atom is -0.497 e. The van der Waals surface area contributed by atoms with Gasteiger partial charge in [0.05, 0.1) is 18.3 Å². The van der Waals surface area contributed by atoms with Gasteiger partial charge in [-0.05, 0) is 65.3 Å². The largest absolute Gasteiger partial charge is 0.497 e. The van der Waals surface area contributed by atoms with Crippen molar-refractivity contribution in [2.45, 2.75) is 29.2 Å². The van der Waals surface area contributed by atoms with E-state index in [0.717, 1.165) is 22.4 Å². The summed E-state index contributed by atoms with van der Waals surface area (Å²) in [5.74, 6) is 0.808. The molecule has 0 aromatic heterocycles. The van der Waals surface area contributed by atoms with Gasteiger partial charge in [0.2, 0.25) is 0 Å². The number of hydroxylamine groups is 1. The van der Waals surface area contributed by atoms with Crippen LogP contribution in [0.4, 0.5) is 4.39 Å². The van der Waals surface area contributed by atoms with E-state index in [9.17, 15) is 14.7 Å². The first-order chi connectivity index (χ1) is 14.2. The fourth-order valence-electron chi connectivity index (χ4n) is 2.97. The standard InChI is InChI=1S/C23H28FIN2O3/c1-16(27-29)22(2,23(3,28)21(24)25)26-14-6-7-17-10-12-18(13-11-17)19-8-5-9-20(15-19)30-4/h5-13,15,21,26-29H,1,14H2,2-4H3/b7-6+. The average molecular weight is 526 g/mol. The third kappa shape index (κ3) is 5.40. The zero-order valence-electron chi connectivity index (χ0n) is 17.3.